The Balaban J connectivity index is 2.72. The Bertz CT molecular complexity index is 297. The van der Waals surface area contributed by atoms with Gasteiger partial charge in [-0.1, -0.05) is 0 Å². The summed E-state index contributed by atoms with van der Waals surface area (Å²) in [6.07, 6.45) is 1.52. The van der Waals surface area contributed by atoms with Gasteiger partial charge in [0.1, 0.15) is 4.60 Å². The number of nitrogens with zero attached hydrogens (tertiary/aromatic N) is 2. The lowest BCUT2D eigenvalue weighted by Crippen LogP contribution is -2.36. The number of rotatable bonds is 2. The first-order valence-electron chi connectivity index (χ1n) is 3.69. The van der Waals surface area contributed by atoms with Gasteiger partial charge in [0.15, 0.2) is 0 Å². The number of hydrogen-bond donors (Lipinski definition) is 1. The van der Waals surface area contributed by atoms with Crippen LogP contribution in [0.1, 0.15) is 10.4 Å². The number of pyridine rings is 1. The van der Waals surface area contributed by atoms with Gasteiger partial charge in [-0.05, 0) is 28.1 Å². The molecule has 0 aliphatic rings. The molecular formula is C8H10BrN3O. The molecule has 0 saturated carbocycles. The Labute approximate surface area is 85.1 Å². The van der Waals surface area contributed by atoms with E-state index in [0.717, 1.165) is 0 Å². The summed E-state index contributed by atoms with van der Waals surface area (Å²) in [5, 5.41) is 1.59. The molecule has 0 spiro atoms. The molecule has 1 aromatic heterocycles. The van der Waals surface area contributed by atoms with E-state index in [1.165, 1.54) is 6.20 Å². The van der Waals surface area contributed by atoms with E-state index in [-0.39, 0.29) is 5.91 Å². The zero-order valence-corrected chi connectivity index (χ0v) is 9.00. The molecule has 1 amide bonds. The normalized spacial score (nSPS) is 10.2. The highest BCUT2D eigenvalue weighted by atomic mass is 79.9. The molecule has 5 heteroatoms. The van der Waals surface area contributed by atoms with Crippen LogP contribution in [0.15, 0.2) is 22.9 Å². The van der Waals surface area contributed by atoms with E-state index in [1.807, 2.05) is 0 Å². The molecule has 1 heterocycles. The van der Waals surface area contributed by atoms with Gasteiger partial charge in [-0.3, -0.25) is 10.2 Å². The van der Waals surface area contributed by atoms with E-state index in [0.29, 0.717) is 10.2 Å². The molecule has 1 N–H and O–H groups in total. The lowest BCUT2D eigenvalue weighted by molar-refractivity contribution is 0.0856. The lowest BCUT2D eigenvalue weighted by Gasteiger charge is -2.11. The number of carbonyl (C=O) groups excluding carboxylic acids is 1. The minimum Gasteiger partial charge on any atom is -0.285 e. The first-order valence-corrected chi connectivity index (χ1v) is 4.49. The van der Waals surface area contributed by atoms with Crippen LogP contribution in [0.3, 0.4) is 0 Å². The second kappa shape index (κ2) is 4.34. The second-order valence-electron chi connectivity index (χ2n) is 2.70. The number of carbonyl (C=O) groups is 1. The van der Waals surface area contributed by atoms with Crippen molar-refractivity contribution in [1.82, 2.24) is 15.4 Å². The van der Waals surface area contributed by atoms with Crippen LogP contribution < -0.4 is 5.43 Å². The second-order valence-corrected chi connectivity index (χ2v) is 3.52. The van der Waals surface area contributed by atoms with E-state index < -0.39 is 0 Å². The van der Waals surface area contributed by atoms with Crippen LogP contribution >= 0.6 is 15.9 Å². The van der Waals surface area contributed by atoms with Gasteiger partial charge in [0.05, 0.1) is 5.56 Å². The minimum atomic E-state index is -0.162. The Morgan fingerprint density at radius 2 is 2.23 bits per heavy atom. The van der Waals surface area contributed by atoms with Crippen molar-refractivity contribution in [1.29, 1.82) is 0 Å². The Hall–Kier alpha value is -0.940. The van der Waals surface area contributed by atoms with Crippen LogP contribution in [0, 0.1) is 0 Å². The summed E-state index contributed by atoms with van der Waals surface area (Å²) in [6.45, 7) is 0. The monoisotopic (exact) mass is 243 g/mol. The summed E-state index contributed by atoms with van der Waals surface area (Å²) in [5.41, 5.74) is 3.16. The molecule has 1 rings (SSSR count). The maximum absolute atomic E-state index is 11.4. The number of hydrogen-bond acceptors (Lipinski definition) is 3. The summed E-state index contributed by atoms with van der Waals surface area (Å²) in [7, 11) is 3.51. The topological polar surface area (TPSA) is 45.2 Å². The van der Waals surface area contributed by atoms with Crippen molar-refractivity contribution in [2.24, 2.45) is 0 Å². The van der Waals surface area contributed by atoms with E-state index in [4.69, 9.17) is 0 Å². The molecule has 0 aliphatic heterocycles. The first-order chi connectivity index (χ1) is 6.09. The fraction of sp³-hybridized carbons (Fsp3) is 0.250. The highest BCUT2D eigenvalue weighted by Gasteiger charge is 2.05. The molecule has 4 nitrogen and oxygen atoms in total. The van der Waals surface area contributed by atoms with Gasteiger partial charge < -0.3 is 0 Å². The highest BCUT2D eigenvalue weighted by Crippen LogP contribution is 2.05. The Morgan fingerprint density at radius 3 is 2.69 bits per heavy atom. The van der Waals surface area contributed by atoms with Crippen LogP contribution in [-0.4, -0.2) is 30.0 Å². The van der Waals surface area contributed by atoms with Crippen LogP contribution in [0.4, 0.5) is 0 Å². The molecular weight excluding hydrogens is 234 g/mol. The number of hydrazine groups is 1. The number of amides is 1. The molecule has 0 aromatic carbocycles. The summed E-state index contributed by atoms with van der Waals surface area (Å²) >= 11 is 3.19. The lowest BCUT2D eigenvalue weighted by atomic mass is 10.3. The van der Waals surface area contributed by atoms with Crippen molar-refractivity contribution in [2.45, 2.75) is 0 Å². The molecule has 0 unspecified atom stereocenters. The predicted molar refractivity (Wildman–Crippen MR) is 53.1 cm³/mol. The standard InChI is InChI=1S/C8H10BrN3O/c1-12(2)11-8(13)6-3-4-7(9)10-5-6/h3-5H,1-2H3,(H,11,13). The molecule has 70 valence electrons. The smallest absolute Gasteiger partial charge is 0.267 e. The molecule has 0 radical (unpaired) electrons. The molecule has 0 fully saturated rings. The van der Waals surface area contributed by atoms with Crippen molar-refractivity contribution in [3.8, 4) is 0 Å². The zero-order chi connectivity index (χ0) is 9.84. The van der Waals surface area contributed by atoms with Gasteiger partial charge >= 0.3 is 0 Å². The number of halogens is 1. The maximum Gasteiger partial charge on any atom is 0.267 e. The highest BCUT2D eigenvalue weighted by molar-refractivity contribution is 9.10. The summed E-state index contributed by atoms with van der Waals surface area (Å²) in [5.74, 6) is -0.162. The van der Waals surface area contributed by atoms with Gasteiger partial charge in [-0.15, -0.1) is 0 Å². The quantitative estimate of drug-likeness (QED) is 0.624. The summed E-state index contributed by atoms with van der Waals surface area (Å²) < 4.78 is 0.717. The van der Waals surface area contributed by atoms with Crippen molar-refractivity contribution < 1.29 is 4.79 Å². The van der Waals surface area contributed by atoms with Gasteiger partial charge in [0.25, 0.3) is 5.91 Å². The number of nitrogens with one attached hydrogen (secondary N) is 1. The Kier molecular flexibility index (Phi) is 3.39. The molecule has 1 aromatic rings. The van der Waals surface area contributed by atoms with Crippen LogP contribution in [-0.2, 0) is 0 Å². The first kappa shape index (κ1) is 10.1. The van der Waals surface area contributed by atoms with Gasteiger partial charge in [0, 0.05) is 20.3 Å². The van der Waals surface area contributed by atoms with E-state index >= 15 is 0 Å². The minimum absolute atomic E-state index is 0.162. The Morgan fingerprint density at radius 1 is 1.54 bits per heavy atom. The molecule has 13 heavy (non-hydrogen) atoms. The van der Waals surface area contributed by atoms with E-state index in [1.54, 1.807) is 31.2 Å². The van der Waals surface area contributed by atoms with Crippen molar-refractivity contribution in [2.75, 3.05) is 14.1 Å². The van der Waals surface area contributed by atoms with Gasteiger partial charge in [-0.25, -0.2) is 9.99 Å². The zero-order valence-electron chi connectivity index (χ0n) is 7.41. The third-order valence-electron chi connectivity index (χ3n) is 1.31. The molecule has 0 bridgehead atoms. The maximum atomic E-state index is 11.4. The fourth-order valence-corrected chi connectivity index (χ4v) is 1.01. The van der Waals surface area contributed by atoms with Crippen LogP contribution in [0.25, 0.3) is 0 Å². The van der Waals surface area contributed by atoms with Crippen molar-refractivity contribution in [3.05, 3.63) is 28.5 Å². The largest absolute Gasteiger partial charge is 0.285 e. The van der Waals surface area contributed by atoms with Crippen molar-refractivity contribution in [3.63, 3.8) is 0 Å². The average molecular weight is 244 g/mol. The van der Waals surface area contributed by atoms with E-state index in [2.05, 4.69) is 26.3 Å². The average Bonchev–Trinajstić information content (AvgIpc) is 2.04. The molecule has 0 saturated heterocycles. The summed E-state index contributed by atoms with van der Waals surface area (Å²) in [4.78, 5) is 15.3. The van der Waals surface area contributed by atoms with Crippen LogP contribution in [0.5, 0.6) is 0 Å². The van der Waals surface area contributed by atoms with Gasteiger partial charge in [-0.2, -0.15) is 0 Å². The predicted octanol–water partition coefficient (Wildman–Crippen LogP) is 1.05. The third-order valence-corrected chi connectivity index (χ3v) is 1.78. The SMILES string of the molecule is CN(C)NC(=O)c1ccc(Br)nc1. The summed E-state index contributed by atoms with van der Waals surface area (Å²) in [6, 6.07) is 3.43. The number of aromatic nitrogens is 1. The van der Waals surface area contributed by atoms with Crippen molar-refractivity contribution >= 4 is 21.8 Å². The fourth-order valence-electron chi connectivity index (χ4n) is 0.778. The van der Waals surface area contributed by atoms with Crippen LogP contribution in [0.2, 0.25) is 0 Å². The van der Waals surface area contributed by atoms with E-state index in [9.17, 15) is 4.79 Å². The van der Waals surface area contributed by atoms with Gasteiger partial charge in [0.2, 0.25) is 0 Å². The molecule has 0 aliphatic carbocycles. The molecule has 0 atom stereocenters. The third kappa shape index (κ3) is 3.12.